The maximum atomic E-state index is 11.9. The summed E-state index contributed by atoms with van der Waals surface area (Å²) in [6, 6.07) is -0.148. The van der Waals surface area contributed by atoms with Crippen LogP contribution < -0.4 is 0 Å². The van der Waals surface area contributed by atoms with Crippen LogP contribution in [-0.4, -0.2) is 77.1 Å². The Kier molecular flexibility index (Phi) is 4.95. The van der Waals surface area contributed by atoms with E-state index >= 15 is 0 Å². The average Bonchev–Trinajstić information content (AvgIpc) is 2.58. The van der Waals surface area contributed by atoms with Crippen molar-refractivity contribution in [3.8, 4) is 0 Å². The number of rotatable bonds is 3. The number of aliphatic hydroxyl groups is 2. The van der Waals surface area contributed by atoms with Gasteiger partial charge in [-0.25, -0.2) is 4.79 Å². The van der Waals surface area contributed by atoms with Gasteiger partial charge in [-0.15, -0.1) is 0 Å². The summed E-state index contributed by atoms with van der Waals surface area (Å²) < 4.78 is 5.27. The van der Waals surface area contributed by atoms with Crippen LogP contribution in [0.1, 0.15) is 20.8 Å². The minimum Gasteiger partial charge on any atom is -0.444 e. The molecule has 6 heteroatoms. The Balaban J connectivity index is 2.55. The third kappa shape index (κ3) is 4.12. The Labute approximate surface area is 108 Å². The zero-order valence-corrected chi connectivity index (χ0v) is 11.6. The van der Waals surface area contributed by atoms with Crippen molar-refractivity contribution in [1.82, 2.24) is 9.80 Å². The highest BCUT2D eigenvalue weighted by Crippen LogP contribution is 2.18. The van der Waals surface area contributed by atoms with Crippen molar-refractivity contribution in [3.05, 3.63) is 0 Å². The maximum Gasteiger partial charge on any atom is 0.410 e. The van der Waals surface area contributed by atoms with Gasteiger partial charge in [0.15, 0.2) is 0 Å². The van der Waals surface area contributed by atoms with Crippen LogP contribution in [0, 0.1) is 0 Å². The summed E-state index contributed by atoms with van der Waals surface area (Å²) >= 11 is 0. The van der Waals surface area contributed by atoms with Gasteiger partial charge < -0.3 is 19.8 Å². The summed E-state index contributed by atoms with van der Waals surface area (Å²) in [5.74, 6) is 0. The van der Waals surface area contributed by atoms with Crippen molar-refractivity contribution in [3.63, 3.8) is 0 Å². The predicted molar refractivity (Wildman–Crippen MR) is 67.3 cm³/mol. The molecule has 1 fully saturated rings. The number of hydrogen-bond donors (Lipinski definition) is 2. The zero-order chi connectivity index (χ0) is 13.9. The molecule has 18 heavy (non-hydrogen) atoms. The van der Waals surface area contributed by atoms with Crippen molar-refractivity contribution in [2.45, 2.75) is 38.5 Å². The number of likely N-dealkylation sites (N-methyl/N-ethyl adjacent to an activating group) is 1. The lowest BCUT2D eigenvalue weighted by atomic mass is 10.2. The number of likely N-dealkylation sites (tertiary alicyclic amines) is 1. The number of carbonyl (C=O) groups excluding carboxylic acids is 1. The molecular formula is C12H24N2O4. The van der Waals surface area contributed by atoms with Gasteiger partial charge in [0.2, 0.25) is 0 Å². The van der Waals surface area contributed by atoms with Crippen molar-refractivity contribution >= 4 is 6.09 Å². The second kappa shape index (κ2) is 5.86. The Morgan fingerprint density at radius 1 is 1.44 bits per heavy atom. The van der Waals surface area contributed by atoms with Crippen molar-refractivity contribution in [2.75, 3.05) is 33.3 Å². The van der Waals surface area contributed by atoms with Gasteiger partial charge in [-0.1, -0.05) is 0 Å². The molecule has 0 radical (unpaired) electrons. The average molecular weight is 260 g/mol. The minimum absolute atomic E-state index is 0.0339. The van der Waals surface area contributed by atoms with Crippen molar-refractivity contribution in [2.24, 2.45) is 0 Å². The summed E-state index contributed by atoms with van der Waals surface area (Å²) in [6.07, 6.45) is -1.00. The molecule has 1 rings (SSSR count). The highest BCUT2D eigenvalue weighted by molar-refractivity contribution is 5.68. The lowest BCUT2D eigenvalue weighted by Crippen LogP contribution is -2.42. The van der Waals surface area contributed by atoms with Gasteiger partial charge in [-0.3, -0.25) is 4.90 Å². The molecule has 0 aromatic heterocycles. The molecule has 1 aliphatic rings. The van der Waals surface area contributed by atoms with E-state index in [9.17, 15) is 9.90 Å². The van der Waals surface area contributed by atoms with Crippen LogP contribution in [0.3, 0.4) is 0 Å². The molecule has 0 bridgehead atoms. The minimum atomic E-state index is -0.603. The summed E-state index contributed by atoms with van der Waals surface area (Å²) in [5, 5.41) is 18.8. The predicted octanol–water partition coefficient (Wildman–Crippen LogP) is -0.109. The molecule has 1 amide bonds. The molecule has 0 aromatic rings. The Bertz CT molecular complexity index is 290. The summed E-state index contributed by atoms with van der Waals surface area (Å²) in [5.41, 5.74) is -0.531. The Morgan fingerprint density at radius 3 is 2.56 bits per heavy atom. The van der Waals surface area contributed by atoms with E-state index in [0.29, 0.717) is 13.1 Å². The van der Waals surface area contributed by atoms with Crippen LogP contribution in [0.5, 0.6) is 0 Å². The molecule has 2 atom stereocenters. The van der Waals surface area contributed by atoms with Gasteiger partial charge in [0.25, 0.3) is 0 Å². The molecule has 2 N–H and O–H groups in total. The van der Waals surface area contributed by atoms with Crippen LogP contribution in [0.4, 0.5) is 4.79 Å². The van der Waals surface area contributed by atoms with Crippen molar-refractivity contribution < 1.29 is 19.7 Å². The standard InChI is InChI=1S/C12H24N2O4/c1-12(2,3)18-11(17)14-7-9(10(16)8-14)13(4)5-6-15/h9-10,15-16H,5-8H2,1-4H3/t9-,10-/m1/s1. The first-order valence-electron chi connectivity index (χ1n) is 6.21. The second-order valence-electron chi connectivity index (χ2n) is 5.72. The molecule has 6 nitrogen and oxygen atoms in total. The third-order valence-corrected chi connectivity index (χ3v) is 2.93. The normalized spacial score (nSPS) is 24.7. The third-order valence-electron chi connectivity index (χ3n) is 2.93. The molecule has 0 aromatic carbocycles. The molecule has 0 spiro atoms. The fourth-order valence-corrected chi connectivity index (χ4v) is 2.00. The fourth-order valence-electron chi connectivity index (χ4n) is 2.00. The monoisotopic (exact) mass is 260 g/mol. The molecule has 0 saturated carbocycles. The first-order valence-corrected chi connectivity index (χ1v) is 6.21. The van der Waals surface area contributed by atoms with Gasteiger partial charge in [-0.05, 0) is 27.8 Å². The molecule has 0 aliphatic carbocycles. The quantitative estimate of drug-likeness (QED) is 0.741. The molecule has 1 heterocycles. The van der Waals surface area contributed by atoms with E-state index in [4.69, 9.17) is 9.84 Å². The fraction of sp³-hybridized carbons (Fsp3) is 0.917. The molecule has 1 saturated heterocycles. The highest BCUT2D eigenvalue weighted by atomic mass is 16.6. The van der Waals surface area contributed by atoms with E-state index in [1.165, 1.54) is 4.90 Å². The maximum absolute atomic E-state index is 11.9. The van der Waals surface area contributed by atoms with Gasteiger partial charge in [0.05, 0.1) is 25.3 Å². The summed E-state index contributed by atoms with van der Waals surface area (Å²) in [6.45, 7) is 6.64. The first kappa shape index (κ1) is 15.2. The lowest BCUT2D eigenvalue weighted by molar-refractivity contribution is 0.0269. The van der Waals surface area contributed by atoms with E-state index < -0.39 is 17.8 Å². The van der Waals surface area contributed by atoms with E-state index in [-0.39, 0.29) is 19.2 Å². The number of hydrogen-bond acceptors (Lipinski definition) is 5. The largest absolute Gasteiger partial charge is 0.444 e. The number of β-amino-alcohol motifs (C(OH)–C–C–N with tert-alkyl or cyclic N) is 1. The SMILES string of the molecule is CN(CCO)[C@@H]1CN(C(=O)OC(C)(C)C)C[C@H]1O. The van der Waals surface area contributed by atoms with E-state index in [2.05, 4.69) is 0 Å². The first-order chi connectivity index (χ1) is 8.24. The molecule has 1 aliphatic heterocycles. The van der Waals surface area contributed by atoms with Crippen molar-refractivity contribution in [1.29, 1.82) is 0 Å². The van der Waals surface area contributed by atoms with E-state index in [0.717, 1.165) is 0 Å². The number of amides is 1. The molecule has 106 valence electrons. The number of ether oxygens (including phenoxy) is 1. The highest BCUT2D eigenvalue weighted by Gasteiger charge is 2.37. The number of nitrogens with zero attached hydrogens (tertiary/aromatic N) is 2. The lowest BCUT2D eigenvalue weighted by Gasteiger charge is -2.26. The molecule has 0 unspecified atom stereocenters. The van der Waals surface area contributed by atoms with Gasteiger partial charge in [0, 0.05) is 13.1 Å². The van der Waals surface area contributed by atoms with Crippen LogP contribution >= 0.6 is 0 Å². The van der Waals surface area contributed by atoms with Crippen LogP contribution in [0.2, 0.25) is 0 Å². The van der Waals surface area contributed by atoms with Crippen LogP contribution in [-0.2, 0) is 4.74 Å². The Morgan fingerprint density at radius 2 is 2.06 bits per heavy atom. The summed E-state index contributed by atoms with van der Waals surface area (Å²) in [7, 11) is 1.82. The van der Waals surface area contributed by atoms with Gasteiger partial charge in [-0.2, -0.15) is 0 Å². The van der Waals surface area contributed by atoms with Gasteiger partial charge >= 0.3 is 6.09 Å². The second-order valence-corrected chi connectivity index (χ2v) is 5.72. The van der Waals surface area contributed by atoms with Crippen LogP contribution in [0.15, 0.2) is 0 Å². The van der Waals surface area contributed by atoms with E-state index in [1.807, 2.05) is 32.7 Å². The topological polar surface area (TPSA) is 73.2 Å². The Hall–Kier alpha value is -0.850. The van der Waals surface area contributed by atoms with Gasteiger partial charge in [0.1, 0.15) is 5.60 Å². The van der Waals surface area contributed by atoms with Crippen LogP contribution in [0.25, 0.3) is 0 Å². The number of aliphatic hydroxyl groups excluding tert-OH is 2. The number of carbonyl (C=O) groups is 1. The smallest absolute Gasteiger partial charge is 0.410 e. The molecular weight excluding hydrogens is 236 g/mol. The summed E-state index contributed by atoms with van der Waals surface area (Å²) in [4.78, 5) is 15.2. The van der Waals surface area contributed by atoms with E-state index in [1.54, 1.807) is 0 Å². The zero-order valence-electron chi connectivity index (χ0n) is 11.6.